The molecule has 0 atom stereocenters. The molecule has 17 heavy (non-hydrogen) atoms. The SMILES string of the molecule is CN(CC(C)(C)C)c1nc(Cl)nc2sccc12. The Morgan fingerprint density at radius 3 is 2.71 bits per heavy atom. The van der Waals surface area contributed by atoms with Crippen molar-refractivity contribution in [3.8, 4) is 0 Å². The molecule has 0 aliphatic heterocycles. The van der Waals surface area contributed by atoms with E-state index in [0.717, 1.165) is 22.6 Å². The van der Waals surface area contributed by atoms with Crippen LogP contribution in [0.25, 0.3) is 10.2 Å². The van der Waals surface area contributed by atoms with Gasteiger partial charge in [-0.25, -0.2) is 4.98 Å². The van der Waals surface area contributed by atoms with E-state index in [1.54, 1.807) is 11.3 Å². The summed E-state index contributed by atoms with van der Waals surface area (Å²) in [6, 6.07) is 2.05. The molecule has 0 saturated carbocycles. The van der Waals surface area contributed by atoms with Crippen LogP contribution in [0.15, 0.2) is 11.4 Å². The van der Waals surface area contributed by atoms with Crippen molar-refractivity contribution in [1.29, 1.82) is 0 Å². The zero-order valence-electron chi connectivity index (χ0n) is 10.5. The van der Waals surface area contributed by atoms with E-state index in [2.05, 4.69) is 35.6 Å². The van der Waals surface area contributed by atoms with E-state index >= 15 is 0 Å². The molecule has 2 aromatic heterocycles. The molecule has 0 bridgehead atoms. The van der Waals surface area contributed by atoms with Crippen molar-refractivity contribution in [2.24, 2.45) is 5.41 Å². The number of hydrogen-bond donors (Lipinski definition) is 0. The van der Waals surface area contributed by atoms with Gasteiger partial charge in [-0.1, -0.05) is 20.8 Å². The number of aromatic nitrogens is 2. The third kappa shape index (κ3) is 2.87. The average Bonchev–Trinajstić information content (AvgIpc) is 2.60. The van der Waals surface area contributed by atoms with Crippen LogP contribution in [0.4, 0.5) is 5.82 Å². The number of thiophene rings is 1. The van der Waals surface area contributed by atoms with Crippen molar-refractivity contribution in [2.45, 2.75) is 20.8 Å². The van der Waals surface area contributed by atoms with Crippen molar-refractivity contribution in [3.63, 3.8) is 0 Å². The molecule has 0 spiro atoms. The average molecular weight is 270 g/mol. The lowest BCUT2D eigenvalue weighted by Gasteiger charge is -2.27. The Morgan fingerprint density at radius 1 is 1.35 bits per heavy atom. The van der Waals surface area contributed by atoms with Gasteiger partial charge in [0.15, 0.2) is 0 Å². The highest BCUT2D eigenvalue weighted by molar-refractivity contribution is 7.16. The van der Waals surface area contributed by atoms with Crippen molar-refractivity contribution in [1.82, 2.24) is 9.97 Å². The predicted molar refractivity (Wildman–Crippen MR) is 75.2 cm³/mol. The van der Waals surface area contributed by atoms with Gasteiger partial charge in [0, 0.05) is 13.6 Å². The van der Waals surface area contributed by atoms with Crippen LogP contribution in [-0.2, 0) is 0 Å². The molecule has 2 aromatic rings. The second kappa shape index (κ2) is 4.42. The van der Waals surface area contributed by atoms with Crippen LogP contribution in [0.1, 0.15) is 20.8 Å². The number of nitrogens with zero attached hydrogens (tertiary/aromatic N) is 3. The molecule has 5 heteroatoms. The normalized spacial score (nSPS) is 12.1. The Hall–Kier alpha value is -0.870. The summed E-state index contributed by atoms with van der Waals surface area (Å²) < 4.78 is 0. The maximum atomic E-state index is 5.95. The topological polar surface area (TPSA) is 29.0 Å². The standard InChI is InChI=1S/C12H16ClN3S/c1-12(2,3)7-16(4)9-8-5-6-17-10(8)15-11(13)14-9/h5-6H,7H2,1-4H3. The highest BCUT2D eigenvalue weighted by Gasteiger charge is 2.17. The van der Waals surface area contributed by atoms with E-state index in [1.165, 1.54) is 0 Å². The Kier molecular flexibility index (Phi) is 3.27. The first-order valence-corrected chi connectivity index (χ1v) is 6.74. The smallest absolute Gasteiger partial charge is 0.225 e. The number of fused-ring (bicyclic) bond motifs is 1. The van der Waals surface area contributed by atoms with Crippen LogP contribution in [0.2, 0.25) is 5.28 Å². The molecule has 0 aliphatic rings. The van der Waals surface area contributed by atoms with Gasteiger partial charge in [0.1, 0.15) is 10.6 Å². The lowest BCUT2D eigenvalue weighted by Crippen LogP contribution is -2.29. The van der Waals surface area contributed by atoms with Crippen LogP contribution < -0.4 is 4.90 Å². The summed E-state index contributed by atoms with van der Waals surface area (Å²) >= 11 is 7.54. The minimum Gasteiger partial charge on any atom is -0.358 e. The van der Waals surface area contributed by atoms with Crippen molar-refractivity contribution in [2.75, 3.05) is 18.5 Å². The summed E-state index contributed by atoms with van der Waals surface area (Å²) in [5.41, 5.74) is 0.217. The van der Waals surface area contributed by atoms with E-state index in [9.17, 15) is 0 Å². The maximum absolute atomic E-state index is 5.95. The van der Waals surface area contributed by atoms with Crippen molar-refractivity contribution >= 4 is 39.0 Å². The van der Waals surface area contributed by atoms with Gasteiger partial charge in [0.2, 0.25) is 5.28 Å². The lowest BCUT2D eigenvalue weighted by molar-refractivity contribution is 0.418. The van der Waals surface area contributed by atoms with Crippen LogP contribution >= 0.6 is 22.9 Å². The fourth-order valence-electron chi connectivity index (χ4n) is 1.89. The summed E-state index contributed by atoms with van der Waals surface area (Å²) in [7, 11) is 2.04. The third-order valence-electron chi connectivity index (χ3n) is 2.35. The van der Waals surface area contributed by atoms with Gasteiger partial charge < -0.3 is 4.90 Å². The second-order valence-corrected chi connectivity index (χ2v) is 6.61. The van der Waals surface area contributed by atoms with Gasteiger partial charge >= 0.3 is 0 Å². The van der Waals surface area contributed by atoms with E-state index in [-0.39, 0.29) is 5.41 Å². The Morgan fingerprint density at radius 2 is 2.06 bits per heavy atom. The quantitative estimate of drug-likeness (QED) is 0.776. The largest absolute Gasteiger partial charge is 0.358 e. The summed E-state index contributed by atoms with van der Waals surface area (Å²) in [4.78, 5) is 11.7. The van der Waals surface area contributed by atoms with E-state index in [0.29, 0.717) is 5.28 Å². The van der Waals surface area contributed by atoms with E-state index in [4.69, 9.17) is 11.6 Å². The van der Waals surface area contributed by atoms with Crippen molar-refractivity contribution in [3.05, 3.63) is 16.7 Å². The molecule has 0 radical (unpaired) electrons. The minimum atomic E-state index is 0.217. The molecule has 0 N–H and O–H groups in total. The van der Waals surface area contributed by atoms with Crippen LogP contribution in [-0.4, -0.2) is 23.6 Å². The fourth-order valence-corrected chi connectivity index (χ4v) is 2.86. The van der Waals surface area contributed by atoms with Gasteiger partial charge in [-0.15, -0.1) is 11.3 Å². The van der Waals surface area contributed by atoms with Crippen molar-refractivity contribution < 1.29 is 0 Å². The van der Waals surface area contributed by atoms with E-state index < -0.39 is 0 Å². The molecule has 3 nitrogen and oxygen atoms in total. The zero-order chi connectivity index (χ0) is 12.6. The molecule has 0 saturated heterocycles. The van der Waals surface area contributed by atoms with Crippen LogP contribution in [0.3, 0.4) is 0 Å². The summed E-state index contributed by atoms with van der Waals surface area (Å²) in [6.07, 6.45) is 0. The van der Waals surface area contributed by atoms with Crippen LogP contribution in [0, 0.1) is 5.41 Å². The van der Waals surface area contributed by atoms with Crippen LogP contribution in [0.5, 0.6) is 0 Å². The van der Waals surface area contributed by atoms with Gasteiger partial charge in [0.05, 0.1) is 5.39 Å². The first-order chi connectivity index (χ1) is 7.87. The highest BCUT2D eigenvalue weighted by atomic mass is 35.5. The molecule has 2 heterocycles. The summed E-state index contributed by atoms with van der Waals surface area (Å²) in [5, 5.41) is 3.41. The fraction of sp³-hybridized carbons (Fsp3) is 0.500. The van der Waals surface area contributed by atoms with Gasteiger partial charge in [0.25, 0.3) is 0 Å². The van der Waals surface area contributed by atoms with E-state index in [1.807, 2.05) is 18.5 Å². The Bertz CT molecular complexity index is 530. The number of rotatable bonds is 2. The molecular formula is C12H16ClN3S. The molecule has 0 amide bonds. The molecule has 0 aliphatic carbocycles. The zero-order valence-corrected chi connectivity index (χ0v) is 12.1. The molecule has 0 aromatic carbocycles. The maximum Gasteiger partial charge on any atom is 0.225 e. The van der Waals surface area contributed by atoms with Gasteiger partial charge in [-0.2, -0.15) is 4.98 Å². The Balaban J connectivity index is 2.43. The molecule has 0 fully saturated rings. The predicted octanol–water partition coefficient (Wildman–Crippen LogP) is 3.83. The molecule has 2 rings (SSSR count). The molecule has 0 unspecified atom stereocenters. The number of anilines is 1. The second-order valence-electron chi connectivity index (χ2n) is 5.37. The van der Waals surface area contributed by atoms with Gasteiger partial charge in [-0.3, -0.25) is 0 Å². The minimum absolute atomic E-state index is 0.217. The first-order valence-electron chi connectivity index (χ1n) is 5.49. The third-order valence-corrected chi connectivity index (χ3v) is 3.33. The highest BCUT2D eigenvalue weighted by Crippen LogP contribution is 2.29. The monoisotopic (exact) mass is 269 g/mol. The number of hydrogen-bond acceptors (Lipinski definition) is 4. The number of halogens is 1. The first kappa shape index (κ1) is 12.6. The lowest BCUT2D eigenvalue weighted by atomic mass is 9.96. The van der Waals surface area contributed by atoms with Gasteiger partial charge in [-0.05, 0) is 28.5 Å². The molecule has 92 valence electrons. The summed E-state index contributed by atoms with van der Waals surface area (Å²) in [6.45, 7) is 7.54. The summed E-state index contributed by atoms with van der Waals surface area (Å²) in [5.74, 6) is 0.913. The molecular weight excluding hydrogens is 254 g/mol. The Labute approximate surface area is 110 Å².